The van der Waals surface area contributed by atoms with E-state index in [0.717, 1.165) is 17.6 Å². The maximum absolute atomic E-state index is 5.73. The lowest BCUT2D eigenvalue weighted by Gasteiger charge is -2.26. The molecular formula is C8H22NOSi+. The first kappa shape index (κ1) is 11.1. The van der Waals surface area contributed by atoms with E-state index in [1.807, 2.05) is 0 Å². The second-order valence-electron chi connectivity index (χ2n) is 4.97. The summed E-state index contributed by atoms with van der Waals surface area (Å²) in [7, 11) is 5.30. The quantitative estimate of drug-likeness (QED) is 0.466. The van der Waals surface area contributed by atoms with Gasteiger partial charge in [0, 0.05) is 0 Å². The number of likely N-dealkylation sites (N-methyl/N-ethyl adjacent to an activating group) is 1. The Labute approximate surface area is 71.9 Å². The van der Waals surface area contributed by atoms with E-state index in [4.69, 9.17) is 4.43 Å². The highest BCUT2D eigenvalue weighted by Gasteiger charge is 2.15. The zero-order valence-electron chi connectivity index (χ0n) is 8.77. The standard InChI is InChI=1S/C8H22NOSi/c1-9(2,3)7-8-10-11(4,5)6/h7-8H2,1-6H3/q+1. The molecule has 0 saturated heterocycles. The van der Waals surface area contributed by atoms with Crippen molar-refractivity contribution in [2.75, 3.05) is 34.3 Å². The van der Waals surface area contributed by atoms with Crippen LogP contribution in [0.3, 0.4) is 0 Å². The van der Waals surface area contributed by atoms with Crippen LogP contribution in [0.15, 0.2) is 0 Å². The number of rotatable bonds is 4. The molecule has 0 aliphatic carbocycles. The molecule has 68 valence electrons. The highest BCUT2D eigenvalue weighted by molar-refractivity contribution is 6.69. The summed E-state index contributed by atoms with van der Waals surface area (Å²) in [5, 5.41) is 0. The van der Waals surface area contributed by atoms with Gasteiger partial charge in [0.15, 0.2) is 8.32 Å². The second kappa shape index (κ2) is 3.69. The summed E-state index contributed by atoms with van der Waals surface area (Å²) in [5.74, 6) is 0. The summed E-state index contributed by atoms with van der Waals surface area (Å²) in [6.45, 7) is 8.68. The first-order chi connectivity index (χ1) is 4.71. The minimum Gasteiger partial charge on any atom is -0.412 e. The molecule has 3 heteroatoms. The highest BCUT2D eigenvalue weighted by atomic mass is 28.4. The molecule has 11 heavy (non-hydrogen) atoms. The van der Waals surface area contributed by atoms with Gasteiger partial charge in [-0.05, 0) is 19.6 Å². The van der Waals surface area contributed by atoms with Crippen LogP contribution in [0.25, 0.3) is 0 Å². The fraction of sp³-hybridized carbons (Fsp3) is 1.00. The third kappa shape index (κ3) is 10.1. The van der Waals surface area contributed by atoms with Crippen molar-refractivity contribution < 1.29 is 8.91 Å². The zero-order chi connectivity index (χ0) is 9.12. The molecule has 0 radical (unpaired) electrons. The molecule has 2 nitrogen and oxygen atoms in total. The molecule has 0 fully saturated rings. The van der Waals surface area contributed by atoms with Crippen LogP contribution in [-0.2, 0) is 4.43 Å². The van der Waals surface area contributed by atoms with E-state index in [1.165, 1.54) is 0 Å². The van der Waals surface area contributed by atoms with Crippen molar-refractivity contribution in [1.82, 2.24) is 0 Å². The fourth-order valence-corrected chi connectivity index (χ4v) is 1.33. The average molecular weight is 176 g/mol. The van der Waals surface area contributed by atoms with Gasteiger partial charge in [0.2, 0.25) is 0 Å². The Morgan fingerprint density at radius 2 is 1.55 bits per heavy atom. The molecule has 0 atom stereocenters. The molecule has 0 aromatic carbocycles. The van der Waals surface area contributed by atoms with E-state index >= 15 is 0 Å². The first-order valence-electron chi connectivity index (χ1n) is 4.15. The highest BCUT2D eigenvalue weighted by Crippen LogP contribution is 2.02. The molecular weight excluding hydrogens is 154 g/mol. The van der Waals surface area contributed by atoms with Gasteiger partial charge < -0.3 is 8.91 Å². The molecule has 0 heterocycles. The van der Waals surface area contributed by atoms with Crippen molar-refractivity contribution in [2.24, 2.45) is 0 Å². The van der Waals surface area contributed by atoms with Gasteiger partial charge in [0.1, 0.15) is 6.54 Å². The minimum atomic E-state index is -1.27. The van der Waals surface area contributed by atoms with Crippen LogP contribution in [-0.4, -0.2) is 47.1 Å². The van der Waals surface area contributed by atoms with Gasteiger partial charge in [-0.1, -0.05) is 0 Å². The molecule has 0 spiro atoms. The van der Waals surface area contributed by atoms with Crippen LogP contribution < -0.4 is 0 Å². The van der Waals surface area contributed by atoms with Gasteiger partial charge in [-0.2, -0.15) is 0 Å². The Kier molecular flexibility index (Phi) is 3.74. The normalized spacial score (nSPS) is 13.6. The van der Waals surface area contributed by atoms with Crippen molar-refractivity contribution >= 4 is 8.32 Å². The van der Waals surface area contributed by atoms with Crippen LogP contribution in [0.4, 0.5) is 0 Å². The molecule has 0 N–H and O–H groups in total. The molecule has 0 aliphatic rings. The third-order valence-corrected chi connectivity index (χ3v) is 2.37. The molecule has 0 aromatic rings. The summed E-state index contributed by atoms with van der Waals surface area (Å²) >= 11 is 0. The number of quaternary nitrogens is 1. The molecule has 0 aromatic heterocycles. The van der Waals surface area contributed by atoms with E-state index in [9.17, 15) is 0 Å². The number of hydrogen-bond donors (Lipinski definition) is 0. The summed E-state index contributed by atoms with van der Waals surface area (Å²) < 4.78 is 6.72. The Bertz CT molecular complexity index is 98.2. The van der Waals surface area contributed by atoms with Gasteiger partial charge in [-0.3, -0.25) is 0 Å². The van der Waals surface area contributed by atoms with Crippen LogP contribution in [0.5, 0.6) is 0 Å². The average Bonchev–Trinajstić information content (AvgIpc) is 1.55. The maximum Gasteiger partial charge on any atom is 0.184 e. The van der Waals surface area contributed by atoms with E-state index in [0.29, 0.717) is 0 Å². The Morgan fingerprint density at radius 1 is 1.09 bits per heavy atom. The lowest BCUT2D eigenvalue weighted by atomic mass is 10.5. The van der Waals surface area contributed by atoms with Crippen LogP contribution in [0, 0.1) is 0 Å². The van der Waals surface area contributed by atoms with Crippen molar-refractivity contribution in [3.63, 3.8) is 0 Å². The van der Waals surface area contributed by atoms with Crippen LogP contribution in [0.2, 0.25) is 19.6 Å². The monoisotopic (exact) mass is 176 g/mol. The predicted octanol–water partition coefficient (Wildman–Crippen LogP) is 1.54. The zero-order valence-corrected chi connectivity index (χ0v) is 9.77. The van der Waals surface area contributed by atoms with Gasteiger partial charge >= 0.3 is 0 Å². The van der Waals surface area contributed by atoms with Gasteiger partial charge in [-0.25, -0.2) is 0 Å². The van der Waals surface area contributed by atoms with Gasteiger partial charge in [0.05, 0.1) is 27.7 Å². The van der Waals surface area contributed by atoms with Crippen molar-refractivity contribution in [3.8, 4) is 0 Å². The Hall–Kier alpha value is 0.137. The topological polar surface area (TPSA) is 9.23 Å². The summed E-state index contributed by atoms with van der Waals surface area (Å²) in [6, 6.07) is 0. The van der Waals surface area contributed by atoms with E-state index in [1.54, 1.807) is 0 Å². The van der Waals surface area contributed by atoms with Crippen LogP contribution in [0.1, 0.15) is 0 Å². The number of hydrogen-bond acceptors (Lipinski definition) is 1. The minimum absolute atomic E-state index is 0.902. The summed E-state index contributed by atoms with van der Waals surface area (Å²) in [4.78, 5) is 0. The molecule has 0 aliphatic heterocycles. The van der Waals surface area contributed by atoms with Crippen molar-refractivity contribution in [2.45, 2.75) is 19.6 Å². The lowest BCUT2D eigenvalue weighted by molar-refractivity contribution is -0.870. The fourth-order valence-electron chi connectivity index (χ4n) is 0.626. The van der Waals surface area contributed by atoms with Gasteiger partial charge in [0.25, 0.3) is 0 Å². The van der Waals surface area contributed by atoms with E-state index in [2.05, 4.69) is 40.8 Å². The number of nitrogens with zero attached hydrogens (tertiary/aromatic N) is 1. The first-order valence-corrected chi connectivity index (χ1v) is 7.56. The van der Waals surface area contributed by atoms with E-state index in [-0.39, 0.29) is 0 Å². The lowest BCUT2D eigenvalue weighted by Crippen LogP contribution is -2.40. The Balaban J connectivity index is 3.44. The summed E-state index contributed by atoms with van der Waals surface area (Å²) in [6.07, 6.45) is 0. The summed E-state index contributed by atoms with van der Waals surface area (Å²) in [5.41, 5.74) is 0. The molecule has 0 unspecified atom stereocenters. The SMILES string of the molecule is C[N+](C)(C)CCO[Si](C)(C)C. The molecule has 0 rings (SSSR count). The smallest absolute Gasteiger partial charge is 0.184 e. The van der Waals surface area contributed by atoms with E-state index < -0.39 is 8.32 Å². The second-order valence-corrected chi connectivity index (χ2v) is 9.49. The molecule has 0 amide bonds. The third-order valence-electron chi connectivity index (χ3n) is 1.30. The van der Waals surface area contributed by atoms with Gasteiger partial charge in [-0.15, -0.1) is 0 Å². The maximum atomic E-state index is 5.73. The molecule has 0 bridgehead atoms. The van der Waals surface area contributed by atoms with Crippen molar-refractivity contribution in [3.05, 3.63) is 0 Å². The molecule has 0 saturated carbocycles. The largest absolute Gasteiger partial charge is 0.412 e. The Morgan fingerprint density at radius 3 is 1.82 bits per heavy atom. The van der Waals surface area contributed by atoms with Crippen molar-refractivity contribution in [1.29, 1.82) is 0 Å². The van der Waals surface area contributed by atoms with Crippen LogP contribution >= 0.6 is 0 Å². The predicted molar refractivity (Wildman–Crippen MR) is 52.2 cm³/mol.